The minimum absolute atomic E-state index is 0.109. The second-order valence-electron chi connectivity index (χ2n) is 11.6. The molecule has 9 nitrogen and oxygen atoms in total. The largest absolute Gasteiger partial charge is 0.497 e. The topological polar surface area (TPSA) is 104 Å². The van der Waals surface area contributed by atoms with Crippen molar-refractivity contribution in [3.63, 3.8) is 0 Å². The van der Waals surface area contributed by atoms with Crippen molar-refractivity contribution in [3.05, 3.63) is 35.1 Å². The highest BCUT2D eigenvalue weighted by atomic mass is 19.1. The van der Waals surface area contributed by atoms with Crippen LogP contribution < -0.4 is 9.47 Å². The average molecular weight is 548 g/mol. The summed E-state index contributed by atoms with van der Waals surface area (Å²) in [4.78, 5) is 28.4. The number of benzene rings is 1. The number of esters is 2. The Morgan fingerprint density at radius 3 is 2.62 bits per heavy atom. The lowest BCUT2D eigenvalue weighted by atomic mass is 9.77. The van der Waals surface area contributed by atoms with Gasteiger partial charge in [-0.25, -0.2) is 9.18 Å². The molecule has 4 atom stereocenters. The Morgan fingerprint density at radius 2 is 1.92 bits per heavy atom. The molecular formula is C29H38FNO8. The fourth-order valence-electron chi connectivity index (χ4n) is 6.69. The summed E-state index contributed by atoms with van der Waals surface area (Å²) in [6, 6.07) is 3.98. The number of alkyl halides is 1. The number of carbonyl (C=O) groups excluding carboxylic acids is 2. The fourth-order valence-corrected chi connectivity index (χ4v) is 6.69. The second-order valence-corrected chi connectivity index (χ2v) is 11.6. The molecular weight excluding hydrogens is 509 g/mol. The van der Waals surface area contributed by atoms with Gasteiger partial charge in [-0.3, -0.25) is 9.69 Å². The van der Waals surface area contributed by atoms with Crippen molar-refractivity contribution in [2.75, 3.05) is 34.1 Å². The lowest BCUT2D eigenvalue weighted by molar-refractivity contribution is -0.178. The molecule has 0 aromatic heterocycles. The summed E-state index contributed by atoms with van der Waals surface area (Å²) in [6.45, 7) is 4.73. The predicted molar refractivity (Wildman–Crippen MR) is 138 cm³/mol. The summed E-state index contributed by atoms with van der Waals surface area (Å²) >= 11 is 0. The molecule has 0 radical (unpaired) electrons. The normalized spacial score (nSPS) is 27.0. The molecule has 1 N–H and O–H groups in total. The van der Waals surface area contributed by atoms with E-state index >= 15 is 0 Å². The van der Waals surface area contributed by atoms with Gasteiger partial charge in [0.25, 0.3) is 0 Å². The van der Waals surface area contributed by atoms with Crippen LogP contribution in [0, 0.1) is 0 Å². The zero-order valence-electron chi connectivity index (χ0n) is 23.1. The Balaban J connectivity index is 1.50. The summed E-state index contributed by atoms with van der Waals surface area (Å²) in [5.41, 5.74) is -2.03. The molecule has 1 unspecified atom stereocenters. The Hall–Kier alpha value is -2.85. The number of nitrogens with zero attached hydrogens (tertiary/aromatic N) is 1. The maximum Gasteiger partial charge on any atom is 0.339 e. The van der Waals surface area contributed by atoms with Crippen LogP contribution >= 0.6 is 0 Å². The molecule has 1 aromatic carbocycles. The standard InChI is InChI=1S/C29H38FNO8/c1-27(2,30)8-5-10-29(34,16-23(32)36-4)26(33)39-25-22(35-3)15-28-9-6-11-31(28)12-7-18-13-20-21(38-17-37-20)14-19(18)24(25)28/h13-15,24-25,34H,5-12,16-17H2,1-4H3/t24-,25?,28+,29-/m1/s1. The zero-order valence-corrected chi connectivity index (χ0v) is 23.1. The van der Waals surface area contributed by atoms with Gasteiger partial charge in [-0.15, -0.1) is 0 Å². The number of methoxy groups -OCH3 is 2. The first kappa shape index (κ1) is 27.7. The van der Waals surface area contributed by atoms with E-state index in [9.17, 15) is 19.1 Å². The van der Waals surface area contributed by atoms with Crippen LogP contribution in [-0.2, 0) is 30.2 Å². The van der Waals surface area contributed by atoms with E-state index < -0.39 is 41.3 Å². The van der Waals surface area contributed by atoms with E-state index in [0.29, 0.717) is 17.3 Å². The average Bonchev–Trinajstić information content (AvgIpc) is 3.56. The van der Waals surface area contributed by atoms with Gasteiger partial charge in [0.15, 0.2) is 23.2 Å². The number of fused-ring (bicyclic) bond motifs is 3. The Labute approximate surface area is 228 Å². The van der Waals surface area contributed by atoms with Crippen molar-refractivity contribution in [2.24, 2.45) is 0 Å². The summed E-state index contributed by atoms with van der Waals surface area (Å²) in [6.07, 6.45) is 3.39. The number of aliphatic hydroxyl groups is 1. The molecule has 0 bridgehead atoms. The number of ether oxygens (including phenoxy) is 5. The van der Waals surface area contributed by atoms with Crippen molar-refractivity contribution in [1.29, 1.82) is 0 Å². The highest BCUT2D eigenvalue weighted by Crippen LogP contribution is 2.55. The lowest BCUT2D eigenvalue weighted by Gasteiger charge is -2.39. The maximum absolute atomic E-state index is 14.2. The third-order valence-corrected chi connectivity index (χ3v) is 8.60. The van der Waals surface area contributed by atoms with Crippen LogP contribution in [0.3, 0.4) is 0 Å². The Morgan fingerprint density at radius 1 is 1.18 bits per heavy atom. The zero-order chi connectivity index (χ0) is 28.0. The molecule has 1 spiro atoms. The van der Waals surface area contributed by atoms with Gasteiger partial charge in [0.1, 0.15) is 11.4 Å². The monoisotopic (exact) mass is 547 g/mol. The van der Waals surface area contributed by atoms with E-state index in [0.717, 1.165) is 43.5 Å². The summed E-state index contributed by atoms with van der Waals surface area (Å²) in [5, 5.41) is 11.5. The van der Waals surface area contributed by atoms with Crippen LogP contribution in [0.2, 0.25) is 0 Å². The summed E-state index contributed by atoms with van der Waals surface area (Å²) in [5.74, 6) is -0.199. The third-order valence-electron chi connectivity index (χ3n) is 8.60. The van der Waals surface area contributed by atoms with Gasteiger partial charge in [0.2, 0.25) is 6.79 Å². The molecule has 1 fully saturated rings. The molecule has 5 rings (SSSR count). The molecule has 39 heavy (non-hydrogen) atoms. The van der Waals surface area contributed by atoms with Crippen LogP contribution in [0.5, 0.6) is 11.5 Å². The molecule has 1 saturated heterocycles. The van der Waals surface area contributed by atoms with Crippen LogP contribution in [0.25, 0.3) is 0 Å². The summed E-state index contributed by atoms with van der Waals surface area (Å²) < 4.78 is 42.2. The Bertz CT molecular complexity index is 1160. The molecule has 3 aliphatic heterocycles. The van der Waals surface area contributed by atoms with Gasteiger partial charge in [0, 0.05) is 6.54 Å². The van der Waals surface area contributed by atoms with Gasteiger partial charge in [-0.2, -0.15) is 0 Å². The van der Waals surface area contributed by atoms with Crippen LogP contribution in [0.15, 0.2) is 24.0 Å². The molecule has 1 aromatic rings. The van der Waals surface area contributed by atoms with E-state index in [1.165, 1.54) is 21.0 Å². The van der Waals surface area contributed by atoms with E-state index in [1.54, 1.807) is 7.11 Å². The number of rotatable bonds is 9. The van der Waals surface area contributed by atoms with Crippen molar-refractivity contribution < 1.29 is 42.8 Å². The fraction of sp³-hybridized carbons (Fsp3) is 0.655. The molecule has 10 heteroatoms. The van der Waals surface area contributed by atoms with Crippen LogP contribution in [0.4, 0.5) is 4.39 Å². The number of halogens is 1. The molecule has 0 amide bonds. The first-order valence-electron chi connectivity index (χ1n) is 13.6. The van der Waals surface area contributed by atoms with Gasteiger partial charge in [0.05, 0.1) is 32.1 Å². The number of carbonyl (C=O) groups is 2. The maximum atomic E-state index is 14.2. The molecule has 3 heterocycles. The van der Waals surface area contributed by atoms with Crippen molar-refractivity contribution in [2.45, 2.75) is 87.6 Å². The highest BCUT2D eigenvalue weighted by molar-refractivity contribution is 5.86. The van der Waals surface area contributed by atoms with E-state index in [1.807, 2.05) is 12.1 Å². The molecule has 214 valence electrons. The number of hydrogen-bond acceptors (Lipinski definition) is 9. The second kappa shape index (κ2) is 10.3. The Kier molecular flexibility index (Phi) is 7.30. The smallest absolute Gasteiger partial charge is 0.339 e. The molecule has 4 aliphatic rings. The molecule has 0 saturated carbocycles. The minimum atomic E-state index is -2.18. The van der Waals surface area contributed by atoms with E-state index in [4.69, 9.17) is 23.7 Å². The highest BCUT2D eigenvalue weighted by Gasteiger charge is 2.59. The predicted octanol–water partition coefficient (Wildman–Crippen LogP) is 3.56. The van der Waals surface area contributed by atoms with Crippen molar-refractivity contribution >= 4 is 11.9 Å². The van der Waals surface area contributed by atoms with Crippen LogP contribution in [0.1, 0.15) is 69.4 Å². The van der Waals surface area contributed by atoms with Gasteiger partial charge in [-0.05, 0) is 88.3 Å². The van der Waals surface area contributed by atoms with E-state index in [2.05, 4.69) is 11.0 Å². The third kappa shape index (κ3) is 5.09. The van der Waals surface area contributed by atoms with Crippen molar-refractivity contribution in [1.82, 2.24) is 4.90 Å². The van der Waals surface area contributed by atoms with Crippen molar-refractivity contribution in [3.8, 4) is 11.5 Å². The quantitative estimate of drug-likeness (QED) is 0.465. The van der Waals surface area contributed by atoms with Crippen LogP contribution in [-0.4, -0.2) is 79.0 Å². The minimum Gasteiger partial charge on any atom is -0.497 e. The SMILES string of the molecule is COC(=O)C[C@](O)(CCCC(C)(C)F)C(=O)OC1C(OC)=C[C@]23CCCN2CCc2cc4c(cc2[C@H]13)OCO4. The van der Waals surface area contributed by atoms with E-state index in [-0.39, 0.29) is 32.0 Å². The lowest BCUT2D eigenvalue weighted by Crippen LogP contribution is -2.49. The first-order valence-corrected chi connectivity index (χ1v) is 13.6. The van der Waals surface area contributed by atoms with Gasteiger partial charge >= 0.3 is 11.9 Å². The first-order chi connectivity index (χ1) is 18.5. The molecule has 1 aliphatic carbocycles. The number of hydrogen-bond donors (Lipinski definition) is 1. The van der Waals surface area contributed by atoms with Gasteiger partial charge < -0.3 is 28.8 Å². The summed E-state index contributed by atoms with van der Waals surface area (Å²) in [7, 11) is 2.73. The van der Waals surface area contributed by atoms with Gasteiger partial charge in [-0.1, -0.05) is 0 Å².